The zero-order chi connectivity index (χ0) is 22.4. The van der Waals surface area contributed by atoms with Gasteiger partial charge in [0.15, 0.2) is 5.96 Å². The Bertz CT molecular complexity index is 742. The van der Waals surface area contributed by atoms with E-state index in [1.54, 1.807) is 6.20 Å². The predicted octanol–water partition coefficient (Wildman–Crippen LogP) is 2.96. The van der Waals surface area contributed by atoms with E-state index >= 15 is 0 Å². The molecule has 0 aliphatic carbocycles. The smallest absolute Gasteiger partial charge is 0.375 e. The third-order valence-electron chi connectivity index (χ3n) is 5.76. The van der Waals surface area contributed by atoms with Crippen molar-refractivity contribution in [1.29, 1.82) is 0 Å². The van der Waals surface area contributed by atoms with Crippen LogP contribution in [0.3, 0.4) is 0 Å². The summed E-state index contributed by atoms with van der Waals surface area (Å²) in [6.07, 6.45) is -2.22. The second kappa shape index (κ2) is 12.2. The van der Waals surface area contributed by atoms with E-state index in [1.807, 2.05) is 24.0 Å². The summed E-state index contributed by atoms with van der Waals surface area (Å²) in [6, 6.07) is 2.57. The summed E-state index contributed by atoms with van der Waals surface area (Å²) in [6.45, 7) is 10.5. The van der Waals surface area contributed by atoms with Gasteiger partial charge in [0.05, 0.1) is 19.3 Å². The lowest BCUT2D eigenvalue weighted by molar-refractivity contribution is -0.181. The maximum Gasteiger partial charge on any atom is 0.403 e. The molecule has 0 radical (unpaired) electrons. The van der Waals surface area contributed by atoms with Crippen molar-refractivity contribution < 1.29 is 17.9 Å². The third kappa shape index (κ3) is 7.34. The molecule has 7 nitrogen and oxygen atoms in total. The van der Waals surface area contributed by atoms with Crippen LogP contribution in [0, 0.1) is 0 Å². The minimum absolute atomic E-state index is 0. The van der Waals surface area contributed by atoms with Gasteiger partial charge in [-0.05, 0) is 38.5 Å². The molecule has 2 aliphatic rings. The summed E-state index contributed by atoms with van der Waals surface area (Å²) in [5.74, 6) is 1.66. The molecule has 0 amide bonds. The Morgan fingerprint density at radius 3 is 2.62 bits per heavy atom. The summed E-state index contributed by atoms with van der Waals surface area (Å²) < 4.78 is 44.6. The van der Waals surface area contributed by atoms with E-state index in [0.717, 1.165) is 30.4 Å². The van der Waals surface area contributed by atoms with Gasteiger partial charge >= 0.3 is 6.18 Å². The molecule has 0 spiro atoms. The molecule has 3 heterocycles. The number of piperazine rings is 1. The highest BCUT2D eigenvalue weighted by atomic mass is 127. The normalized spacial score (nSPS) is 21.8. The summed E-state index contributed by atoms with van der Waals surface area (Å²) in [5, 5.41) is 3.27. The molecule has 0 aromatic carbocycles. The molecule has 2 atom stereocenters. The van der Waals surface area contributed by atoms with Crippen molar-refractivity contribution in [3.05, 3.63) is 23.9 Å². The molecule has 0 saturated carbocycles. The number of ether oxygens (including phenoxy) is 1. The fraction of sp³-hybridized carbons (Fsp3) is 0.714. The quantitative estimate of drug-likeness (QED) is 0.334. The number of guanidine groups is 1. The van der Waals surface area contributed by atoms with Gasteiger partial charge in [0.2, 0.25) is 0 Å². The Morgan fingerprint density at radius 2 is 2.00 bits per heavy atom. The third-order valence-corrected chi connectivity index (χ3v) is 5.76. The van der Waals surface area contributed by atoms with Gasteiger partial charge in [0.25, 0.3) is 0 Å². The van der Waals surface area contributed by atoms with Gasteiger partial charge in [0.1, 0.15) is 11.9 Å². The molecular weight excluding hydrogens is 536 g/mol. The van der Waals surface area contributed by atoms with E-state index < -0.39 is 12.2 Å². The van der Waals surface area contributed by atoms with Crippen LogP contribution in [0.15, 0.2) is 23.3 Å². The number of aliphatic imine (C=N–C) groups is 1. The highest BCUT2D eigenvalue weighted by molar-refractivity contribution is 14.0. The maximum atomic E-state index is 13.0. The lowest BCUT2D eigenvalue weighted by Crippen LogP contribution is -2.56. The maximum absolute atomic E-state index is 13.0. The van der Waals surface area contributed by atoms with Gasteiger partial charge in [0, 0.05) is 52.0 Å². The number of hydrogen-bond acceptors (Lipinski definition) is 5. The van der Waals surface area contributed by atoms with Crippen molar-refractivity contribution in [1.82, 2.24) is 20.1 Å². The van der Waals surface area contributed by atoms with Crippen LogP contribution in [0.25, 0.3) is 0 Å². The molecule has 1 aromatic rings. The number of nitrogens with zero attached hydrogens (tertiary/aromatic N) is 5. The highest BCUT2D eigenvalue weighted by Gasteiger charge is 2.41. The minimum Gasteiger partial charge on any atom is -0.375 e. The lowest BCUT2D eigenvalue weighted by atomic mass is 10.2. The van der Waals surface area contributed by atoms with Gasteiger partial charge < -0.3 is 19.9 Å². The van der Waals surface area contributed by atoms with E-state index in [0.29, 0.717) is 45.9 Å². The largest absolute Gasteiger partial charge is 0.403 e. The van der Waals surface area contributed by atoms with Crippen LogP contribution in [0.1, 0.15) is 26.3 Å². The number of alkyl halides is 3. The van der Waals surface area contributed by atoms with E-state index in [2.05, 4.69) is 22.1 Å². The summed E-state index contributed by atoms with van der Waals surface area (Å²) in [4.78, 5) is 15.0. The van der Waals surface area contributed by atoms with Crippen molar-refractivity contribution in [2.75, 3.05) is 57.3 Å². The number of nitrogens with one attached hydrogen (secondary N) is 1. The molecule has 1 N–H and O–H groups in total. The van der Waals surface area contributed by atoms with Gasteiger partial charge in [-0.1, -0.05) is 0 Å². The molecule has 3 rings (SSSR count). The molecule has 0 bridgehead atoms. The molecule has 2 saturated heterocycles. The van der Waals surface area contributed by atoms with Crippen LogP contribution in [0.5, 0.6) is 0 Å². The zero-order valence-corrected chi connectivity index (χ0v) is 21.3. The first-order valence-corrected chi connectivity index (χ1v) is 10.9. The molecular formula is C21H34F3IN6O. The summed E-state index contributed by atoms with van der Waals surface area (Å²) >= 11 is 0. The van der Waals surface area contributed by atoms with Crippen LogP contribution < -0.4 is 10.2 Å². The number of hydrogen-bond donors (Lipinski definition) is 1. The predicted molar refractivity (Wildman–Crippen MR) is 131 cm³/mol. The van der Waals surface area contributed by atoms with Crippen LogP contribution in [0.4, 0.5) is 19.0 Å². The molecule has 11 heteroatoms. The van der Waals surface area contributed by atoms with E-state index in [-0.39, 0.29) is 30.1 Å². The lowest BCUT2D eigenvalue weighted by Gasteiger charge is -2.39. The Balaban J connectivity index is 0.00000363. The van der Waals surface area contributed by atoms with Gasteiger partial charge in [-0.3, -0.25) is 4.90 Å². The number of halogens is 4. The van der Waals surface area contributed by atoms with Crippen molar-refractivity contribution in [2.45, 2.75) is 45.6 Å². The fourth-order valence-electron chi connectivity index (χ4n) is 3.88. The van der Waals surface area contributed by atoms with Gasteiger partial charge in [-0.25, -0.2) is 9.98 Å². The fourth-order valence-corrected chi connectivity index (χ4v) is 3.88. The monoisotopic (exact) mass is 570 g/mol. The molecule has 182 valence electrons. The van der Waals surface area contributed by atoms with E-state index in [4.69, 9.17) is 9.73 Å². The number of morpholine rings is 1. The average molecular weight is 570 g/mol. The second-order valence-electron chi connectivity index (χ2n) is 8.06. The van der Waals surface area contributed by atoms with Crippen molar-refractivity contribution in [3.8, 4) is 0 Å². The SMILES string of the molecule is CCNC(=NCc1ccnc(N2CCOC(C)C2)c1)N1CCN(C(C)C(F)(F)F)CC1.I. The number of anilines is 1. The minimum atomic E-state index is -4.20. The van der Waals surface area contributed by atoms with Gasteiger partial charge in [-0.15, -0.1) is 24.0 Å². The topological polar surface area (TPSA) is 56.2 Å². The highest BCUT2D eigenvalue weighted by Crippen LogP contribution is 2.25. The second-order valence-corrected chi connectivity index (χ2v) is 8.06. The Labute approximate surface area is 205 Å². The van der Waals surface area contributed by atoms with Gasteiger partial charge in [-0.2, -0.15) is 13.2 Å². The number of pyridine rings is 1. The van der Waals surface area contributed by atoms with Crippen molar-refractivity contribution >= 4 is 35.8 Å². The Hall–Kier alpha value is -1.34. The molecule has 32 heavy (non-hydrogen) atoms. The van der Waals surface area contributed by atoms with Crippen LogP contribution in [-0.4, -0.2) is 91.5 Å². The van der Waals surface area contributed by atoms with Crippen LogP contribution in [0.2, 0.25) is 0 Å². The molecule has 2 fully saturated rings. The molecule has 1 aromatic heterocycles. The van der Waals surface area contributed by atoms with Crippen molar-refractivity contribution in [3.63, 3.8) is 0 Å². The van der Waals surface area contributed by atoms with Crippen molar-refractivity contribution in [2.24, 2.45) is 4.99 Å². The van der Waals surface area contributed by atoms with E-state index in [9.17, 15) is 13.2 Å². The first-order valence-electron chi connectivity index (χ1n) is 10.9. The summed E-state index contributed by atoms with van der Waals surface area (Å²) in [5.41, 5.74) is 1.05. The van der Waals surface area contributed by atoms with Crippen LogP contribution in [-0.2, 0) is 11.3 Å². The number of rotatable bonds is 5. The standard InChI is InChI=1S/C21H33F3N6O.HI/c1-4-25-20(29-9-7-28(8-10-29)17(3)21(22,23)24)27-14-18-5-6-26-19(13-18)30-11-12-31-16(2)15-30;/h5-6,13,16-17H,4,7-12,14-15H2,1-3H3,(H,25,27);1H. The Morgan fingerprint density at radius 1 is 1.28 bits per heavy atom. The first-order chi connectivity index (χ1) is 14.8. The zero-order valence-electron chi connectivity index (χ0n) is 18.9. The molecule has 2 unspecified atom stereocenters. The molecule has 2 aliphatic heterocycles. The first kappa shape index (κ1) is 26.9. The number of aromatic nitrogens is 1. The Kier molecular flexibility index (Phi) is 10.3. The van der Waals surface area contributed by atoms with E-state index in [1.165, 1.54) is 11.8 Å². The summed E-state index contributed by atoms with van der Waals surface area (Å²) in [7, 11) is 0. The average Bonchev–Trinajstić information content (AvgIpc) is 2.76. The van der Waals surface area contributed by atoms with Crippen LogP contribution >= 0.6 is 24.0 Å².